The molecule has 0 unspecified atom stereocenters. The number of aromatic nitrogens is 1. The second kappa shape index (κ2) is 3.60. The van der Waals surface area contributed by atoms with Gasteiger partial charge in [0.1, 0.15) is 5.75 Å². The summed E-state index contributed by atoms with van der Waals surface area (Å²) in [6.45, 7) is 7.36. The standard InChI is InChI=1S/C12H17NO/c1-4-9-7-10(8(2)3)12-11(13-9)5-6-14-12/h7-8H,4-6H2,1-3H3. The molecule has 2 nitrogen and oxygen atoms in total. The topological polar surface area (TPSA) is 22.1 Å². The van der Waals surface area contributed by atoms with Crippen LogP contribution in [0.3, 0.4) is 0 Å². The molecule has 1 aromatic rings. The highest BCUT2D eigenvalue weighted by atomic mass is 16.5. The average Bonchev–Trinajstić information content (AvgIpc) is 2.63. The summed E-state index contributed by atoms with van der Waals surface area (Å²) in [5.41, 5.74) is 3.68. The van der Waals surface area contributed by atoms with Crippen LogP contribution in [-0.2, 0) is 12.8 Å². The highest BCUT2D eigenvalue weighted by Gasteiger charge is 2.20. The largest absolute Gasteiger partial charge is 0.491 e. The van der Waals surface area contributed by atoms with Gasteiger partial charge in [-0.15, -0.1) is 0 Å². The van der Waals surface area contributed by atoms with Gasteiger partial charge in [-0.1, -0.05) is 20.8 Å². The molecule has 0 radical (unpaired) electrons. The summed E-state index contributed by atoms with van der Waals surface area (Å²) in [5.74, 6) is 1.58. The van der Waals surface area contributed by atoms with Crippen molar-refractivity contribution in [2.45, 2.75) is 39.5 Å². The third-order valence-electron chi connectivity index (χ3n) is 2.69. The van der Waals surface area contributed by atoms with Crippen LogP contribution >= 0.6 is 0 Å². The molecule has 0 atom stereocenters. The van der Waals surface area contributed by atoms with Crippen LogP contribution in [0, 0.1) is 0 Å². The monoisotopic (exact) mass is 191 g/mol. The van der Waals surface area contributed by atoms with Crippen molar-refractivity contribution in [1.82, 2.24) is 4.98 Å². The lowest BCUT2D eigenvalue weighted by molar-refractivity contribution is 0.352. The fraction of sp³-hybridized carbons (Fsp3) is 0.583. The zero-order valence-corrected chi connectivity index (χ0v) is 9.13. The second-order valence-electron chi connectivity index (χ2n) is 4.09. The molecular weight excluding hydrogens is 174 g/mol. The van der Waals surface area contributed by atoms with E-state index < -0.39 is 0 Å². The van der Waals surface area contributed by atoms with Gasteiger partial charge in [-0.3, -0.25) is 4.98 Å². The van der Waals surface area contributed by atoms with Gasteiger partial charge in [0.25, 0.3) is 0 Å². The fourth-order valence-electron chi connectivity index (χ4n) is 1.86. The zero-order valence-electron chi connectivity index (χ0n) is 9.13. The number of rotatable bonds is 2. The van der Waals surface area contributed by atoms with Crippen LogP contribution in [0.4, 0.5) is 0 Å². The van der Waals surface area contributed by atoms with Crippen molar-refractivity contribution in [1.29, 1.82) is 0 Å². The van der Waals surface area contributed by atoms with Crippen molar-refractivity contribution in [3.63, 3.8) is 0 Å². The number of aryl methyl sites for hydroxylation is 1. The lowest BCUT2D eigenvalue weighted by Crippen LogP contribution is -1.98. The van der Waals surface area contributed by atoms with Crippen LogP contribution in [0.2, 0.25) is 0 Å². The Balaban J connectivity index is 2.52. The Morgan fingerprint density at radius 2 is 2.29 bits per heavy atom. The minimum atomic E-state index is 0.523. The lowest BCUT2D eigenvalue weighted by atomic mass is 10.0. The van der Waals surface area contributed by atoms with E-state index in [0.717, 1.165) is 30.9 Å². The summed E-state index contributed by atoms with van der Waals surface area (Å²) in [7, 11) is 0. The van der Waals surface area contributed by atoms with Gasteiger partial charge in [0.2, 0.25) is 0 Å². The van der Waals surface area contributed by atoms with Crippen molar-refractivity contribution in [2.75, 3.05) is 6.61 Å². The third kappa shape index (κ3) is 1.49. The van der Waals surface area contributed by atoms with E-state index in [1.54, 1.807) is 0 Å². The molecule has 0 spiro atoms. The number of nitrogens with zero attached hydrogens (tertiary/aromatic N) is 1. The van der Waals surface area contributed by atoms with Gasteiger partial charge in [0.05, 0.1) is 12.3 Å². The predicted molar refractivity (Wildman–Crippen MR) is 56.9 cm³/mol. The molecule has 0 fully saturated rings. The van der Waals surface area contributed by atoms with E-state index in [0.29, 0.717) is 5.92 Å². The molecule has 1 aromatic heterocycles. The molecule has 2 heterocycles. The summed E-state index contributed by atoms with van der Waals surface area (Å²) in [6.07, 6.45) is 1.98. The summed E-state index contributed by atoms with van der Waals surface area (Å²) < 4.78 is 5.63. The Morgan fingerprint density at radius 1 is 1.50 bits per heavy atom. The molecule has 0 bridgehead atoms. The summed E-state index contributed by atoms with van der Waals surface area (Å²) in [6, 6.07) is 2.19. The molecule has 2 rings (SSSR count). The molecule has 0 N–H and O–H groups in total. The van der Waals surface area contributed by atoms with Crippen molar-refractivity contribution in [2.24, 2.45) is 0 Å². The van der Waals surface area contributed by atoms with Crippen LogP contribution in [0.25, 0.3) is 0 Å². The Labute approximate surface area is 85.3 Å². The van der Waals surface area contributed by atoms with Crippen molar-refractivity contribution in [3.05, 3.63) is 23.0 Å². The maximum absolute atomic E-state index is 5.63. The van der Waals surface area contributed by atoms with Gasteiger partial charge >= 0.3 is 0 Å². The van der Waals surface area contributed by atoms with Crippen molar-refractivity contribution >= 4 is 0 Å². The first kappa shape index (κ1) is 9.50. The Hall–Kier alpha value is -1.05. The molecular formula is C12H17NO. The van der Waals surface area contributed by atoms with E-state index in [9.17, 15) is 0 Å². The minimum Gasteiger partial charge on any atom is -0.491 e. The number of hydrogen-bond acceptors (Lipinski definition) is 2. The predicted octanol–water partition coefficient (Wildman–Crippen LogP) is 2.70. The highest BCUT2D eigenvalue weighted by molar-refractivity contribution is 5.43. The third-order valence-corrected chi connectivity index (χ3v) is 2.69. The smallest absolute Gasteiger partial charge is 0.144 e. The molecule has 0 amide bonds. The van der Waals surface area contributed by atoms with Crippen LogP contribution < -0.4 is 4.74 Å². The maximum atomic E-state index is 5.63. The average molecular weight is 191 g/mol. The van der Waals surface area contributed by atoms with E-state index in [2.05, 4.69) is 31.8 Å². The Morgan fingerprint density at radius 3 is 2.93 bits per heavy atom. The number of pyridine rings is 1. The molecule has 1 aliphatic heterocycles. The van der Waals surface area contributed by atoms with E-state index >= 15 is 0 Å². The molecule has 0 aliphatic carbocycles. The normalized spacial score (nSPS) is 14.3. The molecule has 0 saturated heterocycles. The molecule has 1 aliphatic rings. The SMILES string of the molecule is CCc1cc(C(C)C)c2c(n1)CCO2. The van der Waals surface area contributed by atoms with Gasteiger partial charge < -0.3 is 4.74 Å². The highest BCUT2D eigenvalue weighted by Crippen LogP contribution is 2.33. The van der Waals surface area contributed by atoms with Gasteiger partial charge in [-0.05, 0) is 18.4 Å². The molecule has 76 valence electrons. The molecule has 0 saturated carbocycles. The van der Waals surface area contributed by atoms with Gasteiger partial charge in [-0.25, -0.2) is 0 Å². The van der Waals surface area contributed by atoms with Crippen LogP contribution in [-0.4, -0.2) is 11.6 Å². The van der Waals surface area contributed by atoms with Crippen LogP contribution in [0.1, 0.15) is 43.6 Å². The fourth-order valence-corrected chi connectivity index (χ4v) is 1.86. The summed E-state index contributed by atoms with van der Waals surface area (Å²) in [5, 5.41) is 0. The molecule has 0 aromatic carbocycles. The first-order valence-electron chi connectivity index (χ1n) is 5.37. The van der Waals surface area contributed by atoms with E-state index in [4.69, 9.17) is 4.74 Å². The van der Waals surface area contributed by atoms with Gasteiger partial charge in [0.15, 0.2) is 0 Å². The first-order chi connectivity index (χ1) is 6.72. The van der Waals surface area contributed by atoms with Crippen LogP contribution in [0.15, 0.2) is 6.07 Å². The summed E-state index contributed by atoms with van der Waals surface area (Å²) >= 11 is 0. The lowest BCUT2D eigenvalue weighted by Gasteiger charge is -2.12. The van der Waals surface area contributed by atoms with Gasteiger partial charge in [-0.2, -0.15) is 0 Å². The Bertz CT molecular complexity index is 344. The van der Waals surface area contributed by atoms with Crippen molar-refractivity contribution in [3.8, 4) is 5.75 Å². The van der Waals surface area contributed by atoms with Gasteiger partial charge in [0, 0.05) is 17.7 Å². The van der Waals surface area contributed by atoms with E-state index in [1.165, 1.54) is 11.3 Å². The maximum Gasteiger partial charge on any atom is 0.144 e. The number of ether oxygens (including phenoxy) is 1. The molecule has 14 heavy (non-hydrogen) atoms. The molecule has 2 heteroatoms. The zero-order chi connectivity index (χ0) is 10.1. The number of fused-ring (bicyclic) bond motifs is 1. The van der Waals surface area contributed by atoms with Crippen molar-refractivity contribution < 1.29 is 4.74 Å². The van der Waals surface area contributed by atoms with E-state index in [1.807, 2.05) is 0 Å². The quantitative estimate of drug-likeness (QED) is 0.717. The number of hydrogen-bond donors (Lipinski definition) is 0. The minimum absolute atomic E-state index is 0.523. The first-order valence-corrected chi connectivity index (χ1v) is 5.37. The Kier molecular flexibility index (Phi) is 2.44. The summed E-state index contributed by atoms with van der Waals surface area (Å²) in [4.78, 5) is 4.59. The van der Waals surface area contributed by atoms with Crippen LogP contribution in [0.5, 0.6) is 5.75 Å². The van der Waals surface area contributed by atoms with E-state index in [-0.39, 0.29) is 0 Å². The second-order valence-corrected chi connectivity index (χ2v) is 4.09.